The van der Waals surface area contributed by atoms with Crippen LogP contribution in [0.2, 0.25) is 0 Å². The third kappa shape index (κ3) is 4.34. The van der Waals surface area contributed by atoms with E-state index in [1.54, 1.807) is 30.3 Å². The minimum absolute atomic E-state index is 0.413. The van der Waals surface area contributed by atoms with Crippen LogP contribution in [0.1, 0.15) is 6.42 Å². The van der Waals surface area contributed by atoms with Crippen molar-refractivity contribution in [2.24, 2.45) is 0 Å². The zero-order valence-corrected chi connectivity index (χ0v) is 12.4. The molecule has 0 spiro atoms. The van der Waals surface area contributed by atoms with Crippen molar-refractivity contribution in [3.8, 4) is 0 Å². The van der Waals surface area contributed by atoms with Crippen LogP contribution in [0, 0.1) is 0 Å². The van der Waals surface area contributed by atoms with E-state index in [1.807, 2.05) is 0 Å². The first kappa shape index (κ1) is 18.7. The van der Waals surface area contributed by atoms with Crippen molar-refractivity contribution < 1.29 is 27.9 Å². The molecule has 121 valence electrons. The molecule has 0 fully saturated rings. The summed E-state index contributed by atoms with van der Waals surface area (Å²) in [6.45, 7) is 0. The van der Waals surface area contributed by atoms with Gasteiger partial charge in [-0.2, -0.15) is 13.2 Å². The highest BCUT2D eigenvalue weighted by Gasteiger charge is 2.61. The maximum absolute atomic E-state index is 12.6. The second kappa shape index (κ2) is 7.30. The van der Waals surface area contributed by atoms with Crippen LogP contribution in [0.5, 0.6) is 0 Å². The van der Waals surface area contributed by atoms with Gasteiger partial charge in [0.25, 0.3) is 0 Å². The first-order chi connectivity index (χ1) is 10.1. The number of alkyl halides is 5. The largest absolute Gasteiger partial charge is 0.426 e. The van der Waals surface area contributed by atoms with Gasteiger partial charge in [-0.1, -0.05) is 18.2 Å². The van der Waals surface area contributed by atoms with Gasteiger partial charge in [-0.15, -0.1) is 23.2 Å². The summed E-state index contributed by atoms with van der Waals surface area (Å²) >= 11 is 11.1. The zero-order valence-electron chi connectivity index (χ0n) is 10.9. The third-order valence-corrected chi connectivity index (χ3v) is 3.90. The summed E-state index contributed by atoms with van der Waals surface area (Å²) in [7, 11) is 0. The van der Waals surface area contributed by atoms with E-state index in [0.717, 1.165) is 0 Å². The number of nitrogens with one attached hydrogen (secondary N) is 1. The van der Waals surface area contributed by atoms with Crippen molar-refractivity contribution in [1.82, 2.24) is 0 Å². The Morgan fingerprint density at radius 2 is 1.82 bits per heavy atom. The predicted molar refractivity (Wildman–Crippen MR) is 75.7 cm³/mol. The van der Waals surface area contributed by atoms with Crippen LogP contribution in [-0.2, 0) is 9.59 Å². The van der Waals surface area contributed by atoms with Crippen LogP contribution < -0.4 is 5.32 Å². The maximum atomic E-state index is 12.6. The summed E-state index contributed by atoms with van der Waals surface area (Å²) in [6.07, 6.45) is -5.54. The maximum Gasteiger partial charge on any atom is 0.426 e. The summed E-state index contributed by atoms with van der Waals surface area (Å²) < 4.78 is 37.9. The van der Waals surface area contributed by atoms with Crippen LogP contribution in [0.25, 0.3) is 0 Å². The second-order valence-electron chi connectivity index (χ2n) is 4.40. The molecule has 0 aromatic heterocycles. The molecule has 2 N–H and O–H groups in total. The number of hydrogen-bond donors (Lipinski definition) is 2. The fourth-order valence-electron chi connectivity index (χ4n) is 1.55. The Bertz CT molecular complexity index is 527. The number of carbonyl (C=O) groups excluding carboxylic acids is 2. The molecule has 3 unspecified atom stereocenters. The van der Waals surface area contributed by atoms with Crippen molar-refractivity contribution in [3.63, 3.8) is 0 Å². The van der Waals surface area contributed by atoms with E-state index in [-0.39, 0.29) is 0 Å². The summed E-state index contributed by atoms with van der Waals surface area (Å²) in [5.41, 5.74) is -3.54. The molecule has 4 nitrogen and oxygen atoms in total. The van der Waals surface area contributed by atoms with Crippen LogP contribution in [-0.4, -0.2) is 39.8 Å². The highest BCUT2D eigenvalue weighted by Crippen LogP contribution is 2.37. The molecule has 1 rings (SSSR count). The first-order valence-corrected chi connectivity index (χ1v) is 6.80. The van der Waals surface area contributed by atoms with Gasteiger partial charge in [0, 0.05) is 12.1 Å². The Kier molecular flexibility index (Phi) is 6.22. The van der Waals surface area contributed by atoms with Gasteiger partial charge >= 0.3 is 6.18 Å². The Morgan fingerprint density at radius 3 is 2.27 bits per heavy atom. The average Bonchev–Trinajstić information content (AvgIpc) is 2.45. The SMILES string of the molecule is O=[C]C(O)(C(Cl)C(Cl)CC(=O)Nc1ccccc1)C(F)(F)F. The Balaban J connectivity index is 2.73. The lowest BCUT2D eigenvalue weighted by molar-refractivity contribution is -0.231. The van der Waals surface area contributed by atoms with E-state index >= 15 is 0 Å². The van der Waals surface area contributed by atoms with Crippen LogP contribution >= 0.6 is 23.2 Å². The number of aliphatic hydroxyl groups is 1. The molecule has 0 aliphatic carbocycles. The molecular formula is C13H11Cl2F3NO3. The van der Waals surface area contributed by atoms with Crippen molar-refractivity contribution in [2.45, 2.75) is 29.0 Å². The summed E-state index contributed by atoms with van der Waals surface area (Å²) in [6, 6.07) is 8.11. The number of hydrogen-bond acceptors (Lipinski definition) is 3. The van der Waals surface area contributed by atoms with E-state index in [2.05, 4.69) is 5.32 Å². The number of para-hydroxylation sites is 1. The van der Waals surface area contributed by atoms with Crippen LogP contribution in [0.3, 0.4) is 0 Å². The number of amides is 1. The molecule has 1 amide bonds. The molecule has 0 aliphatic heterocycles. The fourth-order valence-corrected chi connectivity index (χ4v) is 2.13. The van der Waals surface area contributed by atoms with Gasteiger partial charge in [-0.25, -0.2) is 0 Å². The normalized spacial score (nSPS) is 17.2. The summed E-state index contributed by atoms with van der Waals surface area (Å²) in [5.74, 6) is -0.715. The Hall–Kier alpha value is -1.31. The fraction of sp³-hybridized carbons (Fsp3) is 0.385. The summed E-state index contributed by atoms with van der Waals surface area (Å²) in [5, 5.41) is 7.78. The van der Waals surface area contributed by atoms with Gasteiger partial charge in [-0.05, 0) is 12.1 Å². The molecule has 3 atom stereocenters. The van der Waals surface area contributed by atoms with Crippen molar-refractivity contribution >= 4 is 41.1 Å². The lowest BCUT2D eigenvalue weighted by Gasteiger charge is -2.30. The second-order valence-corrected chi connectivity index (χ2v) is 5.43. The molecule has 0 heterocycles. The topological polar surface area (TPSA) is 66.4 Å². The minimum atomic E-state index is -5.36. The molecule has 0 saturated heterocycles. The van der Waals surface area contributed by atoms with Gasteiger partial charge in [0.2, 0.25) is 17.8 Å². The molecule has 0 aliphatic rings. The monoisotopic (exact) mass is 356 g/mol. The van der Waals surface area contributed by atoms with Gasteiger partial charge in [0.15, 0.2) is 0 Å². The molecule has 0 saturated carbocycles. The molecule has 1 aromatic carbocycles. The predicted octanol–water partition coefficient (Wildman–Crippen LogP) is 2.63. The average molecular weight is 357 g/mol. The minimum Gasteiger partial charge on any atom is -0.373 e. The number of halogens is 5. The number of carbonyl (C=O) groups is 1. The molecule has 1 radical (unpaired) electrons. The van der Waals surface area contributed by atoms with Crippen LogP contribution in [0.4, 0.5) is 18.9 Å². The summed E-state index contributed by atoms with van der Waals surface area (Å²) in [4.78, 5) is 22.1. The van der Waals surface area contributed by atoms with Gasteiger partial charge in [0.05, 0.1) is 10.8 Å². The Morgan fingerprint density at radius 1 is 1.27 bits per heavy atom. The zero-order chi connectivity index (χ0) is 17.0. The highest BCUT2D eigenvalue weighted by atomic mass is 35.5. The molecular weight excluding hydrogens is 346 g/mol. The van der Waals surface area contributed by atoms with E-state index in [0.29, 0.717) is 12.0 Å². The van der Waals surface area contributed by atoms with E-state index in [9.17, 15) is 27.9 Å². The van der Waals surface area contributed by atoms with E-state index < -0.39 is 34.9 Å². The van der Waals surface area contributed by atoms with Gasteiger partial charge < -0.3 is 10.4 Å². The molecule has 0 bridgehead atoms. The van der Waals surface area contributed by atoms with Crippen molar-refractivity contribution in [1.29, 1.82) is 0 Å². The molecule has 22 heavy (non-hydrogen) atoms. The number of benzene rings is 1. The Labute approximate surface area is 134 Å². The smallest absolute Gasteiger partial charge is 0.373 e. The van der Waals surface area contributed by atoms with Crippen molar-refractivity contribution in [3.05, 3.63) is 30.3 Å². The number of anilines is 1. The third-order valence-electron chi connectivity index (χ3n) is 2.74. The van der Waals surface area contributed by atoms with Gasteiger partial charge in [0.1, 0.15) is 0 Å². The highest BCUT2D eigenvalue weighted by molar-refractivity contribution is 6.32. The number of rotatable bonds is 6. The standard InChI is InChI=1S/C13H11Cl2F3NO3/c14-9(11(15)12(22,7-20)13(16,17)18)6-10(21)19-8-4-2-1-3-5-8/h1-5,9,11,22H,6H2,(H,19,21). The molecule has 9 heteroatoms. The first-order valence-electron chi connectivity index (χ1n) is 5.93. The van der Waals surface area contributed by atoms with Crippen molar-refractivity contribution in [2.75, 3.05) is 5.32 Å². The van der Waals surface area contributed by atoms with E-state index in [4.69, 9.17) is 23.2 Å². The molecule has 1 aromatic rings. The quantitative estimate of drug-likeness (QED) is 0.770. The van der Waals surface area contributed by atoms with Crippen LogP contribution in [0.15, 0.2) is 30.3 Å². The van der Waals surface area contributed by atoms with Gasteiger partial charge in [-0.3, -0.25) is 9.59 Å². The van der Waals surface area contributed by atoms with E-state index in [1.165, 1.54) is 0 Å². The lowest BCUT2D eigenvalue weighted by Crippen LogP contribution is -2.57. The lowest BCUT2D eigenvalue weighted by atomic mass is 9.96.